The number of fused-ring (bicyclic) bond motifs is 1. The highest BCUT2D eigenvalue weighted by Gasteiger charge is 2.14. The standard InChI is InChI=1S/C20H19N5OS2/c21-25-18(11-15-7-3-6-14-5-1-2-9-17(14)15)23-24-20(25)28-13-19(26)22-12-16-8-4-10-27-16/h1-10H,11-13,21H2,(H,22,26). The zero-order valence-corrected chi connectivity index (χ0v) is 16.7. The van der Waals surface area contributed by atoms with Gasteiger partial charge in [0, 0.05) is 11.3 Å². The molecule has 0 bridgehead atoms. The van der Waals surface area contributed by atoms with Gasteiger partial charge in [-0.3, -0.25) is 4.79 Å². The molecule has 28 heavy (non-hydrogen) atoms. The summed E-state index contributed by atoms with van der Waals surface area (Å²) in [7, 11) is 0. The highest BCUT2D eigenvalue weighted by Crippen LogP contribution is 2.22. The lowest BCUT2D eigenvalue weighted by Gasteiger charge is -2.07. The van der Waals surface area contributed by atoms with Crippen molar-refractivity contribution in [2.45, 2.75) is 18.1 Å². The van der Waals surface area contributed by atoms with Crippen LogP contribution < -0.4 is 11.2 Å². The molecule has 2 aromatic carbocycles. The Bertz CT molecular complexity index is 1090. The predicted molar refractivity (Wildman–Crippen MR) is 114 cm³/mol. The van der Waals surface area contributed by atoms with Crippen molar-refractivity contribution in [3.8, 4) is 0 Å². The highest BCUT2D eigenvalue weighted by molar-refractivity contribution is 7.99. The van der Waals surface area contributed by atoms with Crippen LogP contribution in [-0.2, 0) is 17.8 Å². The molecule has 0 aliphatic rings. The van der Waals surface area contributed by atoms with Crippen molar-refractivity contribution < 1.29 is 4.79 Å². The van der Waals surface area contributed by atoms with Gasteiger partial charge in [-0.25, -0.2) is 4.68 Å². The first kappa shape index (κ1) is 18.5. The van der Waals surface area contributed by atoms with Crippen LogP contribution >= 0.6 is 23.1 Å². The quantitative estimate of drug-likeness (QED) is 0.362. The van der Waals surface area contributed by atoms with E-state index in [1.807, 2.05) is 35.7 Å². The fourth-order valence-corrected chi connectivity index (χ4v) is 4.27. The Hall–Kier alpha value is -2.84. The summed E-state index contributed by atoms with van der Waals surface area (Å²) >= 11 is 2.90. The normalized spacial score (nSPS) is 11.0. The lowest BCUT2D eigenvalue weighted by atomic mass is 10.0. The van der Waals surface area contributed by atoms with Gasteiger partial charge in [0.1, 0.15) is 0 Å². The lowest BCUT2D eigenvalue weighted by molar-refractivity contribution is -0.118. The van der Waals surface area contributed by atoms with Crippen LogP contribution in [0.4, 0.5) is 0 Å². The largest absolute Gasteiger partial charge is 0.350 e. The summed E-state index contributed by atoms with van der Waals surface area (Å²) < 4.78 is 1.47. The Kier molecular flexibility index (Phi) is 5.59. The first-order valence-corrected chi connectivity index (χ1v) is 10.6. The van der Waals surface area contributed by atoms with Crippen molar-refractivity contribution in [3.63, 3.8) is 0 Å². The molecule has 6 nitrogen and oxygen atoms in total. The first-order chi connectivity index (χ1) is 13.7. The van der Waals surface area contributed by atoms with Crippen molar-refractivity contribution >= 4 is 39.8 Å². The number of rotatable bonds is 7. The maximum Gasteiger partial charge on any atom is 0.230 e. The molecule has 0 radical (unpaired) electrons. The Morgan fingerprint density at radius 2 is 1.96 bits per heavy atom. The number of thioether (sulfide) groups is 1. The minimum absolute atomic E-state index is 0.0583. The van der Waals surface area contributed by atoms with E-state index < -0.39 is 0 Å². The van der Waals surface area contributed by atoms with E-state index in [1.165, 1.54) is 27.2 Å². The third kappa shape index (κ3) is 4.18. The summed E-state index contributed by atoms with van der Waals surface area (Å²) in [5, 5.41) is 16.1. The number of nitrogens with two attached hydrogens (primary N) is 1. The molecule has 142 valence electrons. The van der Waals surface area contributed by atoms with Gasteiger partial charge in [0.05, 0.1) is 12.3 Å². The van der Waals surface area contributed by atoms with E-state index in [2.05, 4.69) is 39.8 Å². The second-order valence-electron chi connectivity index (χ2n) is 6.23. The number of benzene rings is 2. The molecule has 1 amide bonds. The molecule has 0 aliphatic heterocycles. The molecular formula is C20H19N5OS2. The van der Waals surface area contributed by atoms with Gasteiger partial charge in [0.2, 0.25) is 11.1 Å². The van der Waals surface area contributed by atoms with E-state index in [9.17, 15) is 4.79 Å². The average molecular weight is 410 g/mol. The minimum atomic E-state index is -0.0583. The van der Waals surface area contributed by atoms with Crippen LogP contribution in [0.2, 0.25) is 0 Å². The number of carbonyl (C=O) groups excluding carboxylic acids is 1. The molecule has 4 aromatic rings. The molecule has 0 saturated heterocycles. The molecule has 0 saturated carbocycles. The average Bonchev–Trinajstić information content (AvgIpc) is 3.36. The zero-order chi connectivity index (χ0) is 19.3. The lowest BCUT2D eigenvalue weighted by Crippen LogP contribution is -2.24. The van der Waals surface area contributed by atoms with Crippen molar-refractivity contribution in [3.05, 3.63) is 76.2 Å². The third-order valence-corrected chi connectivity index (χ3v) is 6.16. The SMILES string of the molecule is Nn1c(Cc2cccc3ccccc23)nnc1SCC(=O)NCc1cccs1. The number of aromatic nitrogens is 3. The van der Waals surface area contributed by atoms with Gasteiger partial charge in [-0.05, 0) is 27.8 Å². The van der Waals surface area contributed by atoms with E-state index in [-0.39, 0.29) is 11.7 Å². The second kappa shape index (κ2) is 8.45. The number of nitrogen functional groups attached to an aromatic ring is 1. The molecule has 0 unspecified atom stereocenters. The van der Waals surface area contributed by atoms with Gasteiger partial charge < -0.3 is 11.2 Å². The van der Waals surface area contributed by atoms with Crippen LogP contribution in [0.15, 0.2) is 65.1 Å². The van der Waals surface area contributed by atoms with Gasteiger partial charge >= 0.3 is 0 Å². The molecule has 3 N–H and O–H groups in total. The molecule has 2 aromatic heterocycles. The van der Waals surface area contributed by atoms with Gasteiger partial charge in [-0.1, -0.05) is 60.3 Å². The third-order valence-electron chi connectivity index (χ3n) is 4.34. The number of carbonyl (C=O) groups is 1. The maximum atomic E-state index is 12.0. The highest BCUT2D eigenvalue weighted by atomic mass is 32.2. The van der Waals surface area contributed by atoms with Gasteiger partial charge in [0.15, 0.2) is 5.82 Å². The molecule has 0 atom stereocenters. The first-order valence-electron chi connectivity index (χ1n) is 8.78. The summed E-state index contributed by atoms with van der Waals surface area (Å²) in [6.07, 6.45) is 0.579. The molecule has 4 rings (SSSR count). The van der Waals surface area contributed by atoms with Crippen LogP contribution in [0.3, 0.4) is 0 Å². The topological polar surface area (TPSA) is 85.8 Å². The number of nitrogens with one attached hydrogen (secondary N) is 1. The minimum Gasteiger partial charge on any atom is -0.350 e. The predicted octanol–water partition coefficient (Wildman–Crippen LogP) is 3.21. The fourth-order valence-electron chi connectivity index (χ4n) is 2.92. The number of amides is 1. The van der Waals surface area contributed by atoms with Crippen LogP contribution in [0.1, 0.15) is 16.3 Å². The summed E-state index contributed by atoms with van der Waals surface area (Å²) in [5.74, 6) is 7.02. The van der Waals surface area contributed by atoms with E-state index in [4.69, 9.17) is 5.84 Å². The zero-order valence-electron chi connectivity index (χ0n) is 15.0. The molecular weight excluding hydrogens is 390 g/mol. The Morgan fingerprint density at radius 3 is 2.82 bits per heavy atom. The van der Waals surface area contributed by atoms with E-state index in [0.717, 1.165) is 10.4 Å². The van der Waals surface area contributed by atoms with E-state index >= 15 is 0 Å². The van der Waals surface area contributed by atoms with Gasteiger partial charge in [0.25, 0.3) is 0 Å². The summed E-state index contributed by atoms with van der Waals surface area (Å²) in [5.41, 5.74) is 1.14. The Labute approximate surface area is 170 Å². The van der Waals surface area contributed by atoms with Gasteiger partial charge in [-0.15, -0.1) is 21.5 Å². The Morgan fingerprint density at radius 1 is 1.11 bits per heavy atom. The fraction of sp³-hybridized carbons (Fsp3) is 0.150. The van der Waals surface area contributed by atoms with Crippen molar-refractivity contribution in [2.24, 2.45) is 0 Å². The molecule has 0 spiro atoms. The smallest absolute Gasteiger partial charge is 0.230 e. The van der Waals surface area contributed by atoms with Crippen LogP contribution in [0, 0.1) is 0 Å². The van der Waals surface area contributed by atoms with E-state index in [1.54, 1.807) is 11.3 Å². The monoisotopic (exact) mass is 409 g/mol. The summed E-state index contributed by atoms with van der Waals surface area (Å²) in [4.78, 5) is 13.2. The van der Waals surface area contributed by atoms with Crippen molar-refractivity contribution in [1.82, 2.24) is 20.2 Å². The number of hydrogen-bond acceptors (Lipinski definition) is 6. The summed E-state index contributed by atoms with van der Waals surface area (Å²) in [6, 6.07) is 18.4. The van der Waals surface area contributed by atoms with E-state index in [0.29, 0.717) is 23.9 Å². The van der Waals surface area contributed by atoms with Crippen LogP contribution in [0.5, 0.6) is 0 Å². The number of hydrogen-bond donors (Lipinski definition) is 2. The molecule has 0 fully saturated rings. The van der Waals surface area contributed by atoms with Gasteiger partial charge in [-0.2, -0.15) is 0 Å². The van der Waals surface area contributed by atoms with Crippen molar-refractivity contribution in [1.29, 1.82) is 0 Å². The second-order valence-corrected chi connectivity index (χ2v) is 8.20. The van der Waals surface area contributed by atoms with Crippen LogP contribution in [0.25, 0.3) is 10.8 Å². The Balaban J connectivity index is 1.39. The number of nitrogens with zero attached hydrogens (tertiary/aromatic N) is 3. The number of thiophene rings is 1. The van der Waals surface area contributed by atoms with Crippen molar-refractivity contribution in [2.75, 3.05) is 11.6 Å². The molecule has 0 aliphatic carbocycles. The summed E-state index contributed by atoms with van der Waals surface area (Å²) in [6.45, 7) is 0.540. The molecule has 8 heteroatoms. The maximum absolute atomic E-state index is 12.0. The van der Waals surface area contributed by atoms with Crippen LogP contribution in [-0.4, -0.2) is 26.5 Å². The molecule has 2 heterocycles.